The van der Waals surface area contributed by atoms with E-state index in [4.69, 9.17) is 9.97 Å². The van der Waals surface area contributed by atoms with Crippen LogP contribution in [0.2, 0.25) is 0 Å². The van der Waals surface area contributed by atoms with Crippen molar-refractivity contribution in [1.29, 1.82) is 0 Å². The molecule has 2 heterocycles. The van der Waals surface area contributed by atoms with Gasteiger partial charge in [0.25, 0.3) is 0 Å². The molecule has 0 spiro atoms. The molecule has 0 aliphatic heterocycles. The zero-order chi connectivity index (χ0) is 35.1. The van der Waals surface area contributed by atoms with Gasteiger partial charge in [-0.3, -0.25) is 9.88 Å². The standard InChI is InChI=1S/C44H44FN3O/c1-28-13-9-14-29(2)41(28)31-21-22-46-39(24-31)38-19-12-20-40(47-38)48(35-26-32(43(3,4)5)25-33(27-35)44(6,7)8)34-16-10-15-30(23-34)36-17-11-18-37(45)42(36)49/h9-27,49H,1-8H3. The minimum atomic E-state index is -0.655. The van der Waals surface area contributed by atoms with Gasteiger partial charge in [0.15, 0.2) is 11.6 Å². The topological polar surface area (TPSA) is 49.2 Å². The summed E-state index contributed by atoms with van der Waals surface area (Å²) in [4.78, 5) is 12.2. The molecule has 2 aromatic heterocycles. The first-order chi connectivity index (χ1) is 23.2. The van der Waals surface area contributed by atoms with E-state index in [9.17, 15) is 9.50 Å². The van der Waals surface area contributed by atoms with E-state index >= 15 is 0 Å². The zero-order valence-corrected chi connectivity index (χ0v) is 29.6. The second kappa shape index (κ2) is 13.0. The predicted octanol–water partition coefficient (Wildman–Crippen LogP) is 12.0. The first-order valence-electron chi connectivity index (χ1n) is 16.7. The van der Waals surface area contributed by atoms with Crippen LogP contribution in [0.5, 0.6) is 5.75 Å². The van der Waals surface area contributed by atoms with Crippen molar-refractivity contribution in [2.75, 3.05) is 4.90 Å². The Morgan fingerprint density at radius 1 is 0.612 bits per heavy atom. The molecule has 1 N–H and O–H groups in total. The summed E-state index contributed by atoms with van der Waals surface area (Å²) in [7, 11) is 0. The van der Waals surface area contributed by atoms with Gasteiger partial charge in [0, 0.05) is 23.1 Å². The van der Waals surface area contributed by atoms with Gasteiger partial charge in [-0.1, -0.05) is 96.1 Å². The molecule has 0 radical (unpaired) electrons. The Kier molecular flexibility index (Phi) is 8.89. The predicted molar refractivity (Wildman–Crippen MR) is 202 cm³/mol. The maximum atomic E-state index is 14.5. The largest absolute Gasteiger partial charge is 0.504 e. The molecule has 0 bridgehead atoms. The highest BCUT2D eigenvalue weighted by atomic mass is 19.1. The molecule has 4 nitrogen and oxygen atoms in total. The van der Waals surface area contributed by atoms with Crippen molar-refractivity contribution in [2.45, 2.75) is 66.2 Å². The van der Waals surface area contributed by atoms with Crippen LogP contribution in [0.25, 0.3) is 33.6 Å². The van der Waals surface area contributed by atoms with Gasteiger partial charge in [-0.25, -0.2) is 9.37 Å². The van der Waals surface area contributed by atoms with Crippen molar-refractivity contribution in [3.8, 4) is 39.4 Å². The van der Waals surface area contributed by atoms with Crippen molar-refractivity contribution in [2.24, 2.45) is 0 Å². The highest BCUT2D eigenvalue weighted by Crippen LogP contribution is 2.42. The maximum Gasteiger partial charge on any atom is 0.165 e. The number of anilines is 3. The molecule has 4 aromatic carbocycles. The van der Waals surface area contributed by atoms with Crippen molar-refractivity contribution in [3.63, 3.8) is 0 Å². The lowest BCUT2D eigenvalue weighted by Gasteiger charge is -2.31. The van der Waals surface area contributed by atoms with Gasteiger partial charge in [-0.2, -0.15) is 0 Å². The molecule has 5 heteroatoms. The molecule has 6 rings (SSSR count). The Morgan fingerprint density at radius 3 is 1.92 bits per heavy atom. The fourth-order valence-corrected chi connectivity index (χ4v) is 6.27. The number of halogens is 1. The average molecular weight is 650 g/mol. The number of aromatic hydroxyl groups is 1. The lowest BCUT2D eigenvalue weighted by molar-refractivity contribution is 0.434. The van der Waals surface area contributed by atoms with Gasteiger partial charge in [0.2, 0.25) is 0 Å². The van der Waals surface area contributed by atoms with Gasteiger partial charge < -0.3 is 5.11 Å². The third kappa shape index (κ3) is 6.98. The monoisotopic (exact) mass is 649 g/mol. The van der Waals surface area contributed by atoms with Crippen molar-refractivity contribution in [3.05, 3.63) is 143 Å². The number of nitrogens with zero attached hydrogens (tertiary/aromatic N) is 3. The van der Waals surface area contributed by atoms with Crippen LogP contribution in [0.3, 0.4) is 0 Å². The Bertz CT molecular complexity index is 2100. The second-order valence-corrected chi connectivity index (χ2v) is 14.9. The van der Waals surface area contributed by atoms with Crippen LogP contribution in [-0.2, 0) is 10.8 Å². The minimum absolute atomic E-state index is 0.107. The molecular weight excluding hydrogens is 606 g/mol. The van der Waals surface area contributed by atoms with Gasteiger partial charge in [-0.05, 0) is 118 Å². The highest BCUT2D eigenvalue weighted by Gasteiger charge is 2.25. The number of phenols is 1. The molecule has 0 unspecified atom stereocenters. The van der Waals surface area contributed by atoms with Crippen LogP contribution in [-0.4, -0.2) is 15.1 Å². The molecule has 0 aliphatic rings. The van der Waals surface area contributed by atoms with E-state index in [1.54, 1.807) is 12.1 Å². The summed E-state index contributed by atoms with van der Waals surface area (Å²) in [5.74, 6) is -0.313. The van der Waals surface area contributed by atoms with E-state index in [-0.39, 0.29) is 16.6 Å². The van der Waals surface area contributed by atoms with E-state index < -0.39 is 5.82 Å². The fraction of sp³-hybridized carbons (Fsp3) is 0.227. The van der Waals surface area contributed by atoms with Gasteiger partial charge in [-0.15, -0.1) is 0 Å². The number of hydrogen-bond acceptors (Lipinski definition) is 4. The third-order valence-corrected chi connectivity index (χ3v) is 9.07. The highest BCUT2D eigenvalue weighted by molar-refractivity contribution is 5.82. The maximum absolute atomic E-state index is 14.5. The molecular formula is C44H44FN3O. The number of benzene rings is 4. The summed E-state index contributed by atoms with van der Waals surface area (Å²) in [6.45, 7) is 17.6. The zero-order valence-electron chi connectivity index (χ0n) is 29.6. The Hall–Kier alpha value is -5.29. The van der Waals surface area contributed by atoms with Gasteiger partial charge >= 0.3 is 0 Å². The van der Waals surface area contributed by atoms with E-state index in [1.165, 1.54) is 33.9 Å². The summed E-state index contributed by atoms with van der Waals surface area (Å²) in [6.07, 6.45) is 1.85. The number of phenolic OH excluding ortho intramolecular Hbond substituents is 1. The number of rotatable bonds is 6. The van der Waals surface area contributed by atoms with E-state index in [0.29, 0.717) is 16.9 Å². The number of hydrogen-bond donors (Lipinski definition) is 1. The van der Waals surface area contributed by atoms with Crippen LogP contribution < -0.4 is 4.90 Å². The number of pyridine rings is 2. The number of aromatic nitrogens is 2. The summed E-state index contributed by atoms with van der Waals surface area (Å²) in [5, 5.41) is 10.7. The van der Waals surface area contributed by atoms with Crippen molar-refractivity contribution < 1.29 is 9.50 Å². The normalized spacial score (nSPS) is 11.9. The average Bonchev–Trinajstić information content (AvgIpc) is 3.06. The summed E-state index contributed by atoms with van der Waals surface area (Å²) < 4.78 is 14.5. The third-order valence-electron chi connectivity index (χ3n) is 9.07. The molecule has 6 aromatic rings. The van der Waals surface area contributed by atoms with Crippen molar-refractivity contribution >= 4 is 17.2 Å². The van der Waals surface area contributed by atoms with E-state index in [0.717, 1.165) is 28.3 Å². The van der Waals surface area contributed by atoms with Gasteiger partial charge in [0.1, 0.15) is 5.82 Å². The molecule has 0 atom stereocenters. The lowest BCUT2D eigenvalue weighted by Crippen LogP contribution is -2.19. The van der Waals surface area contributed by atoms with Crippen LogP contribution >= 0.6 is 0 Å². The van der Waals surface area contributed by atoms with Crippen LogP contribution in [0, 0.1) is 19.7 Å². The number of aryl methyl sites for hydroxylation is 2. The molecule has 0 saturated heterocycles. The SMILES string of the molecule is Cc1cccc(C)c1-c1ccnc(-c2cccc(N(c3cccc(-c4cccc(F)c4O)c3)c3cc(C(C)(C)C)cc(C(C)(C)C)c3)n2)c1. The second-order valence-electron chi connectivity index (χ2n) is 14.9. The Balaban J connectivity index is 1.56. The smallest absolute Gasteiger partial charge is 0.165 e. The summed E-state index contributed by atoms with van der Waals surface area (Å²) in [6, 6.07) is 35.7. The molecule has 0 saturated carbocycles. The number of para-hydroxylation sites is 1. The van der Waals surface area contributed by atoms with Crippen LogP contribution in [0.4, 0.5) is 21.6 Å². The molecule has 49 heavy (non-hydrogen) atoms. The molecule has 0 fully saturated rings. The van der Waals surface area contributed by atoms with E-state index in [2.05, 4.69) is 103 Å². The lowest BCUT2D eigenvalue weighted by atomic mass is 9.80. The fourth-order valence-electron chi connectivity index (χ4n) is 6.27. The van der Waals surface area contributed by atoms with Crippen LogP contribution in [0.1, 0.15) is 63.8 Å². The Labute approximate surface area is 290 Å². The summed E-state index contributed by atoms with van der Waals surface area (Å²) >= 11 is 0. The molecule has 0 amide bonds. The van der Waals surface area contributed by atoms with E-state index in [1.807, 2.05) is 54.7 Å². The van der Waals surface area contributed by atoms with Crippen molar-refractivity contribution in [1.82, 2.24) is 9.97 Å². The molecule has 0 aliphatic carbocycles. The summed E-state index contributed by atoms with van der Waals surface area (Å²) in [5.41, 5.74) is 11.4. The quantitative estimate of drug-likeness (QED) is 0.195. The Morgan fingerprint density at radius 2 is 1.24 bits per heavy atom. The van der Waals surface area contributed by atoms with Gasteiger partial charge in [0.05, 0.1) is 11.4 Å². The molecule has 248 valence electrons. The first kappa shape index (κ1) is 33.6. The van der Waals surface area contributed by atoms with Crippen LogP contribution in [0.15, 0.2) is 115 Å². The first-order valence-corrected chi connectivity index (χ1v) is 16.7. The minimum Gasteiger partial charge on any atom is -0.504 e.